The van der Waals surface area contributed by atoms with Crippen LogP contribution in [0.4, 0.5) is 4.39 Å². The summed E-state index contributed by atoms with van der Waals surface area (Å²) in [5, 5.41) is 12.7. The van der Waals surface area contributed by atoms with Gasteiger partial charge in [0.15, 0.2) is 0 Å². The van der Waals surface area contributed by atoms with Gasteiger partial charge < -0.3 is 15.2 Å². The predicted octanol–water partition coefficient (Wildman–Crippen LogP) is 2.65. The Hall–Kier alpha value is -1.13. The highest BCUT2D eigenvalue weighted by Gasteiger charge is 2.28. The van der Waals surface area contributed by atoms with Crippen molar-refractivity contribution in [1.82, 2.24) is 5.32 Å². The van der Waals surface area contributed by atoms with Crippen LogP contribution in [0.2, 0.25) is 0 Å². The molecule has 1 aliphatic carbocycles. The number of methoxy groups -OCH3 is 1. The molecular formula is C15H22FNO2. The number of benzene rings is 1. The standard InChI is InChI=1S/C15H22FNO2/c1-10(17-15-5-3-4-11(15)9-18)13-7-6-12(19-2)8-14(13)16/h6-8,10-11,15,17-18H,3-5,9H2,1-2H3. The molecule has 0 amide bonds. The Morgan fingerprint density at radius 3 is 2.89 bits per heavy atom. The molecule has 0 aliphatic heterocycles. The lowest BCUT2D eigenvalue weighted by atomic mass is 10.0. The van der Waals surface area contributed by atoms with Crippen molar-refractivity contribution in [2.24, 2.45) is 5.92 Å². The zero-order valence-electron chi connectivity index (χ0n) is 11.5. The predicted molar refractivity (Wildman–Crippen MR) is 72.7 cm³/mol. The Balaban J connectivity index is 2.05. The van der Waals surface area contributed by atoms with Crippen LogP contribution in [0.3, 0.4) is 0 Å². The summed E-state index contributed by atoms with van der Waals surface area (Å²) in [6.45, 7) is 2.16. The molecule has 2 N–H and O–H groups in total. The first kappa shape index (κ1) is 14.3. The van der Waals surface area contributed by atoms with Crippen LogP contribution in [0.15, 0.2) is 18.2 Å². The van der Waals surface area contributed by atoms with E-state index in [4.69, 9.17) is 4.74 Å². The van der Waals surface area contributed by atoms with Gasteiger partial charge in [-0.05, 0) is 31.7 Å². The molecule has 19 heavy (non-hydrogen) atoms. The molecule has 0 saturated heterocycles. The molecule has 1 fully saturated rings. The van der Waals surface area contributed by atoms with Crippen LogP contribution in [0.25, 0.3) is 0 Å². The monoisotopic (exact) mass is 267 g/mol. The lowest BCUT2D eigenvalue weighted by Gasteiger charge is -2.24. The van der Waals surface area contributed by atoms with Crippen LogP contribution >= 0.6 is 0 Å². The van der Waals surface area contributed by atoms with Gasteiger partial charge in [-0.1, -0.05) is 12.5 Å². The SMILES string of the molecule is COc1ccc(C(C)NC2CCCC2CO)c(F)c1. The molecule has 2 rings (SSSR count). The van der Waals surface area contributed by atoms with E-state index in [0.717, 1.165) is 19.3 Å². The van der Waals surface area contributed by atoms with E-state index in [9.17, 15) is 9.50 Å². The number of aliphatic hydroxyl groups excluding tert-OH is 1. The van der Waals surface area contributed by atoms with E-state index in [1.165, 1.54) is 13.2 Å². The first-order valence-electron chi connectivity index (χ1n) is 6.86. The van der Waals surface area contributed by atoms with Crippen molar-refractivity contribution in [3.63, 3.8) is 0 Å². The van der Waals surface area contributed by atoms with Crippen molar-refractivity contribution >= 4 is 0 Å². The van der Waals surface area contributed by atoms with Gasteiger partial charge in [0, 0.05) is 30.3 Å². The van der Waals surface area contributed by atoms with Crippen molar-refractivity contribution in [2.75, 3.05) is 13.7 Å². The van der Waals surface area contributed by atoms with Gasteiger partial charge in [-0.25, -0.2) is 4.39 Å². The van der Waals surface area contributed by atoms with Crippen molar-refractivity contribution in [3.05, 3.63) is 29.6 Å². The van der Waals surface area contributed by atoms with Gasteiger partial charge in [0.25, 0.3) is 0 Å². The Morgan fingerprint density at radius 2 is 2.26 bits per heavy atom. The molecule has 1 aromatic carbocycles. The van der Waals surface area contributed by atoms with E-state index in [-0.39, 0.29) is 24.5 Å². The molecule has 0 heterocycles. The second kappa shape index (κ2) is 6.35. The average molecular weight is 267 g/mol. The number of rotatable bonds is 5. The molecular weight excluding hydrogens is 245 g/mol. The lowest BCUT2D eigenvalue weighted by Crippen LogP contribution is -2.36. The summed E-state index contributed by atoms with van der Waals surface area (Å²) in [6.07, 6.45) is 3.22. The summed E-state index contributed by atoms with van der Waals surface area (Å²) in [6, 6.07) is 5.15. The second-order valence-corrected chi connectivity index (χ2v) is 5.26. The maximum absolute atomic E-state index is 14.0. The van der Waals surface area contributed by atoms with Gasteiger partial charge >= 0.3 is 0 Å². The van der Waals surface area contributed by atoms with E-state index in [1.807, 2.05) is 6.92 Å². The summed E-state index contributed by atoms with van der Waals surface area (Å²) in [5.41, 5.74) is 0.643. The zero-order valence-corrected chi connectivity index (χ0v) is 11.5. The van der Waals surface area contributed by atoms with Crippen LogP contribution in [-0.2, 0) is 0 Å². The van der Waals surface area contributed by atoms with Crippen LogP contribution < -0.4 is 10.1 Å². The highest BCUT2D eigenvalue weighted by atomic mass is 19.1. The minimum atomic E-state index is -0.252. The average Bonchev–Trinajstić information content (AvgIpc) is 2.85. The molecule has 0 aromatic heterocycles. The van der Waals surface area contributed by atoms with Gasteiger partial charge in [0.2, 0.25) is 0 Å². The Labute approximate surface area is 113 Å². The number of ether oxygens (including phenoxy) is 1. The molecule has 0 spiro atoms. The van der Waals surface area contributed by atoms with Crippen LogP contribution in [0.1, 0.15) is 37.8 Å². The Bertz CT molecular complexity index is 425. The number of nitrogens with one attached hydrogen (secondary N) is 1. The maximum atomic E-state index is 14.0. The van der Waals surface area contributed by atoms with E-state index in [1.54, 1.807) is 12.1 Å². The fourth-order valence-corrected chi connectivity index (χ4v) is 2.87. The topological polar surface area (TPSA) is 41.5 Å². The van der Waals surface area contributed by atoms with Gasteiger partial charge in [-0.15, -0.1) is 0 Å². The minimum absolute atomic E-state index is 0.0666. The molecule has 1 aliphatic rings. The number of halogens is 1. The van der Waals surface area contributed by atoms with E-state index in [2.05, 4.69) is 5.32 Å². The Morgan fingerprint density at radius 1 is 1.47 bits per heavy atom. The van der Waals surface area contributed by atoms with Crippen LogP contribution in [0, 0.1) is 11.7 Å². The van der Waals surface area contributed by atoms with Gasteiger partial charge in [-0.2, -0.15) is 0 Å². The Kier molecular flexibility index (Phi) is 4.77. The molecule has 1 aromatic rings. The molecule has 3 unspecified atom stereocenters. The maximum Gasteiger partial charge on any atom is 0.131 e. The first-order valence-corrected chi connectivity index (χ1v) is 6.86. The third-order valence-electron chi connectivity index (χ3n) is 4.03. The zero-order chi connectivity index (χ0) is 13.8. The molecule has 0 radical (unpaired) electrons. The van der Waals surface area contributed by atoms with Crippen molar-refractivity contribution in [3.8, 4) is 5.75 Å². The molecule has 4 heteroatoms. The first-order chi connectivity index (χ1) is 9.15. The third-order valence-corrected chi connectivity index (χ3v) is 4.03. The second-order valence-electron chi connectivity index (χ2n) is 5.26. The van der Waals surface area contributed by atoms with Crippen molar-refractivity contribution < 1.29 is 14.2 Å². The summed E-state index contributed by atoms with van der Waals surface area (Å²) in [4.78, 5) is 0. The quantitative estimate of drug-likeness (QED) is 0.861. The van der Waals surface area contributed by atoms with Crippen LogP contribution in [0.5, 0.6) is 5.75 Å². The fraction of sp³-hybridized carbons (Fsp3) is 0.600. The van der Waals surface area contributed by atoms with E-state index >= 15 is 0 Å². The lowest BCUT2D eigenvalue weighted by molar-refractivity contribution is 0.200. The number of hydrogen-bond donors (Lipinski definition) is 2. The number of hydrogen-bond acceptors (Lipinski definition) is 3. The van der Waals surface area contributed by atoms with E-state index < -0.39 is 0 Å². The van der Waals surface area contributed by atoms with Crippen molar-refractivity contribution in [2.45, 2.75) is 38.3 Å². The third kappa shape index (κ3) is 3.25. The highest BCUT2D eigenvalue weighted by molar-refractivity contribution is 5.30. The molecule has 3 atom stereocenters. The molecule has 1 saturated carbocycles. The largest absolute Gasteiger partial charge is 0.497 e. The molecule has 0 bridgehead atoms. The summed E-state index contributed by atoms with van der Waals surface area (Å²) in [7, 11) is 1.53. The number of aliphatic hydroxyl groups is 1. The normalized spacial score (nSPS) is 24.4. The fourth-order valence-electron chi connectivity index (χ4n) is 2.87. The minimum Gasteiger partial charge on any atom is -0.497 e. The van der Waals surface area contributed by atoms with Gasteiger partial charge in [-0.3, -0.25) is 0 Å². The van der Waals surface area contributed by atoms with Crippen LogP contribution in [-0.4, -0.2) is 24.9 Å². The van der Waals surface area contributed by atoms with E-state index in [0.29, 0.717) is 17.2 Å². The molecule has 3 nitrogen and oxygen atoms in total. The summed E-state index contributed by atoms with van der Waals surface area (Å²) >= 11 is 0. The van der Waals surface area contributed by atoms with Gasteiger partial charge in [0.1, 0.15) is 11.6 Å². The smallest absolute Gasteiger partial charge is 0.131 e. The summed E-state index contributed by atoms with van der Waals surface area (Å²) in [5.74, 6) is 0.573. The summed E-state index contributed by atoms with van der Waals surface area (Å²) < 4.78 is 19.0. The molecule has 106 valence electrons. The van der Waals surface area contributed by atoms with Crippen molar-refractivity contribution in [1.29, 1.82) is 0 Å². The van der Waals surface area contributed by atoms with Gasteiger partial charge in [0.05, 0.1) is 7.11 Å². The highest BCUT2D eigenvalue weighted by Crippen LogP contribution is 2.29.